The Morgan fingerprint density at radius 1 is 1.06 bits per heavy atom. The summed E-state index contributed by atoms with van der Waals surface area (Å²) in [6.07, 6.45) is 4.43. The molecule has 9 nitrogen and oxygen atoms in total. The highest BCUT2D eigenvalue weighted by atomic mass is 16.6. The van der Waals surface area contributed by atoms with Gasteiger partial charge in [0.2, 0.25) is 5.91 Å². The number of carbonyl (C=O) groups is 2. The zero-order chi connectivity index (χ0) is 22.2. The minimum absolute atomic E-state index is 0.0105. The summed E-state index contributed by atoms with van der Waals surface area (Å²) < 4.78 is 0. The molecule has 2 aromatic carbocycles. The Morgan fingerprint density at radius 2 is 1.77 bits per heavy atom. The van der Waals surface area contributed by atoms with Crippen LogP contribution in [0.25, 0.3) is 6.08 Å². The van der Waals surface area contributed by atoms with Gasteiger partial charge >= 0.3 is 0 Å². The van der Waals surface area contributed by atoms with E-state index >= 15 is 0 Å². The van der Waals surface area contributed by atoms with E-state index in [-0.39, 0.29) is 24.0 Å². The number of nitrogens with two attached hydrogens (primary N) is 1. The SMILES string of the molecule is Nc1cc(NC(=O)c2ccc(CNC(=O)/C=C/c3ccc([N+](=O)[O-])cc3)cc2)ccn1. The van der Waals surface area contributed by atoms with Gasteiger partial charge in [-0.3, -0.25) is 19.7 Å². The molecule has 0 unspecified atom stereocenters. The summed E-state index contributed by atoms with van der Waals surface area (Å²) >= 11 is 0. The molecular weight excluding hydrogens is 398 g/mol. The van der Waals surface area contributed by atoms with Crippen molar-refractivity contribution in [2.45, 2.75) is 6.54 Å². The number of nitrogen functional groups attached to an aromatic ring is 1. The summed E-state index contributed by atoms with van der Waals surface area (Å²) in [6.45, 7) is 0.284. The van der Waals surface area contributed by atoms with Crippen molar-refractivity contribution < 1.29 is 14.5 Å². The minimum atomic E-state index is -0.482. The first kappa shape index (κ1) is 21.2. The Kier molecular flexibility index (Phi) is 6.69. The Morgan fingerprint density at radius 3 is 2.42 bits per heavy atom. The van der Waals surface area contributed by atoms with Crippen molar-refractivity contribution in [1.29, 1.82) is 0 Å². The number of nitrogens with zero attached hydrogens (tertiary/aromatic N) is 2. The first-order chi connectivity index (χ1) is 14.9. The maximum absolute atomic E-state index is 12.3. The Balaban J connectivity index is 1.50. The maximum atomic E-state index is 12.3. The molecule has 0 bridgehead atoms. The average Bonchev–Trinajstić information content (AvgIpc) is 2.77. The van der Waals surface area contributed by atoms with Gasteiger partial charge in [0, 0.05) is 48.3 Å². The van der Waals surface area contributed by atoms with Crippen molar-refractivity contribution >= 4 is 35.1 Å². The van der Waals surface area contributed by atoms with E-state index in [2.05, 4.69) is 15.6 Å². The molecular formula is C22H19N5O4. The number of hydrogen-bond acceptors (Lipinski definition) is 6. The van der Waals surface area contributed by atoms with Crippen molar-refractivity contribution in [2.24, 2.45) is 0 Å². The second-order valence-corrected chi connectivity index (χ2v) is 6.52. The number of nitro groups is 1. The molecule has 156 valence electrons. The molecule has 0 atom stereocenters. The van der Waals surface area contributed by atoms with Gasteiger partial charge in [0.05, 0.1) is 4.92 Å². The predicted molar refractivity (Wildman–Crippen MR) is 117 cm³/mol. The molecule has 9 heteroatoms. The molecule has 0 fully saturated rings. The van der Waals surface area contributed by atoms with Crippen molar-refractivity contribution in [3.05, 3.63) is 99.7 Å². The standard InChI is InChI=1S/C22H19N5O4/c23-20-13-18(11-12-24-20)26-22(29)17-6-1-16(2-7-17)14-25-21(28)10-5-15-3-8-19(9-4-15)27(30)31/h1-13H,14H2,(H,25,28)(H3,23,24,26,29)/b10-5+. The van der Waals surface area contributed by atoms with Crippen LogP contribution >= 0.6 is 0 Å². The van der Waals surface area contributed by atoms with Gasteiger partial charge in [-0.05, 0) is 47.5 Å². The number of nitrogens with one attached hydrogen (secondary N) is 2. The number of amides is 2. The topological polar surface area (TPSA) is 140 Å². The molecule has 3 rings (SSSR count). The summed E-state index contributed by atoms with van der Waals surface area (Å²) in [7, 11) is 0. The van der Waals surface area contributed by atoms with Crippen molar-refractivity contribution in [3.8, 4) is 0 Å². The summed E-state index contributed by atoms with van der Waals surface area (Å²) in [5.74, 6) is -0.283. The van der Waals surface area contributed by atoms with E-state index in [9.17, 15) is 19.7 Å². The molecule has 1 aromatic heterocycles. The number of rotatable bonds is 7. The van der Waals surface area contributed by atoms with E-state index in [0.717, 1.165) is 5.56 Å². The van der Waals surface area contributed by atoms with Crippen LogP contribution in [0.5, 0.6) is 0 Å². The third kappa shape index (κ3) is 6.23. The molecule has 0 spiro atoms. The lowest BCUT2D eigenvalue weighted by atomic mass is 10.1. The number of nitro benzene ring substituents is 1. The van der Waals surface area contributed by atoms with E-state index in [1.807, 2.05) is 0 Å². The molecule has 0 aliphatic heterocycles. The van der Waals surface area contributed by atoms with Gasteiger partial charge in [-0.1, -0.05) is 12.1 Å². The fraction of sp³-hybridized carbons (Fsp3) is 0.0455. The second-order valence-electron chi connectivity index (χ2n) is 6.52. The second kappa shape index (κ2) is 9.79. The van der Waals surface area contributed by atoms with Gasteiger partial charge in [-0.15, -0.1) is 0 Å². The van der Waals surface area contributed by atoms with Crippen LogP contribution in [-0.4, -0.2) is 21.7 Å². The van der Waals surface area contributed by atoms with Crippen LogP contribution in [0.2, 0.25) is 0 Å². The fourth-order valence-corrected chi connectivity index (χ4v) is 2.63. The highest BCUT2D eigenvalue weighted by molar-refractivity contribution is 6.04. The van der Waals surface area contributed by atoms with Gasteiger partial charge in [0.15, 0.2) is 0 Å². The number of carbonyl (C=O) groups excluding carboxylic acids is 2. The molecule has 2 amide bonds. The number of non-ortho nitro benzene ring substituents is 1. The number of hydrogen-bond donors (Lipinski definition) is 3. The first-order valence-electron chi connectivity index (χ1n) is 9.23. The quantitative estimate of drug-likeness (QED) is 0.306. The molecule has 0 radical (unpaired) electrons. The molecule has 3 aromatic rings. The van der Waals surface area contributed by atoms with Crippen molar-refractivity contribution in [1.82, 2.24) is 10.3 Å². The van der Waals surface area contributed by atoms with Crippen molar-refractivity contribution in [2.75, 3.05) is 11.1 Å². The van der Waals surface area contributed by atoms with Crippen LogP contribution < -0.4 is 16.4 Å². The largest absolute Gasteiger partial charge is 0.384 e. The molecule has 31 heavy (non-hydrogen) atoms. The number of anilines is 2. The third-order valence-electron chi connectivity index (χ3n) is 4.25. The monoisotopic (exact) mass is 417 g/mol. The highest BCUT2D eigenvalue weighted by Gasteiger charge is 2.07. The summed E-state index contributed by atoms with van der Waals surface area (Å²) in [5, 5.41) is 16.1. The minimum Gasteiger partial charge on any atom is -0.384 e. The van der Waals surface area contributed by atoms with Gasteiger partial charge in [0.1, 0.15) is 5.82 Å². The van der Waals surface area contributed by atoms with Crippen LogP contribution in [0.3, 0.4) is 0 Å². The molecule has 1 heterocycles. The van der Waals surface area contributed by atoms with Gasteiger partial charge in [-0.25, -0.2) is 4.98 Å². The lowest BCUT2D eigenvalue weighted by molar-refractivity contribution is -0.384. The molecule has 0 aliphatic carbocycles. The average molecular weight is 417 g/mol. The predicted octanol–water partition coefficient (Wildman–Crippen LogP) is 3.15. The van der Waals surface area contributed by atoms with Gasteiger partial charge in [0.25, 0.3) is 11.6 Å². The molecule has 0 saturated carbocycles. The lowest BCUT2D eigenvalue weighted by Crippen LogP contribution is -2.20. The molecule has 0 aliphatic rings. The van der Waals surface area contributed by atoms with Crippen LogP contribution in [0.15, 0.2) is 72.9 Å². The van der Waals surface area contributed by atoms with Crippen LogP contribution in [0.1, 0.15) is 21.5 Å². The van der Waals surface area contributed by atoms with E-state index in [1.165, 1.54) is 24.4 Å². The summed E-state index contributed by atoms with van der Waals surface area (Å²) in [5.41, 5.74) is 8.09. The number of pyridine rings is 1. The smallest absolute Gasteiger partial charge is 0.269 e. The normalized spacial score (nSPS) is 10.6. The zero-order valence-electron chi connectivity index (χ0n) is 16.3. The zero-order valence-corrected chi connectivity index (χ0v) is 16.3. The molecule has 0 saturated heterocycles. The van der Waals surface area contributed by atoms with E-state index in [0.29, 0.717) is 22.6 Å². The third-order valence-corrected chi connectivity index (χ3v) is 4.25. The van der Waals surface area contributed by atoms with E-state index in [1.54, 1.807) is 54.6 Å². The maximum Gasteiger partial charge on any atom is 0.269 e. The number of benzene rings is 2. The Labute approximate surface area is 177 Å². The van der Waals surface area contributed by atoms with Gasteiger partial charge in [-0.2, -0.15) is 0 Å². The molecule has 4 N–H and O–H groups in total. The van der Waals surface area contributed by atoms with Crippen molar-refractivity contribution in [3.63, 3.8) is 0 Å². The Hall–Kier alpha value is -4.53. The van der Waals surface area contributed by atoms with Gasteiger partial charge < -0.3 is 16.4 Å². The van der Waals surface area contributed by atoms with Crippen LogP contribution in [-0.2, 0) is 11.3 Å². The van der Waals surface area contributed by atoms with Crippen LogP contribution in [0.4, 0.5) is 17.2 Å². The first-order valence-corrected chi connectivity index (χ1v) is 9.23. The lowest BCUT2D eigenvalue weighted by Gasteiger charge is -2.07. The number of aromatic nitrogens is 1. The summed E-state index contributed by atoms with van der Waals surface area (Å²) in [4.78, 5) is 38.3. The van der Waals surface area contributed by atoms with E-state index in [4.69, 9.17) is 5.73 Å². The fourth-order valence-electron chi connectivity index (χ4n) is 2.63. The highest BCUT2D eigenvalue weighted by Crippen LogP contribution is 2.13. The van der Waals surface area contributed by atoms with E-state index < -0.39 is 4.92 Å². The summed E-state index contributed by atoms with van der Waals surface area (Å²) in [6, 6.07) is 15.9. The van der Waals surface area contributed by atoms with Crippen LogP contribution in [0, 0.1) is 10.1 Å². The Bertz CT molecular complexity index is 1130.